The van der Waals surface area contributed by atoms with Crippen molar-refractivity contribution in [3.05, 3.63) is 28.2 Å². The van der Waals surface area contributed by atoms with Gasteiger partial charge in [-0.15, -0.1) is 0 Å². The van der Waals surface area contributed by atoms with Gasteiger partial charge in [0.25, 0.3) is 0 Å². The van der Waals surface area contributed by atoms with Crippen LogP contribution in [0, 0.1) is 6.92 Å². The van der Waals surface area contributed by atoms with Crippen LogP contribution in [-0.4, -0.2) is 25.2 Å². The molecule has 1 saturated heterocycles. The number of nitrogens with zero attached hydrogens (tertiary/aromatic N) is 1. The molecule has 0 radical (unpaired) electrons. The third-order valence-electron chi connectivity index (χ3n) is 3.70. The standard InChI is InChI=1S/C14H21BrN2/c1-4-14(3)10-17(8-7-16-14)13-6-5-11(2)9-12(13)15/h5-6,9,16H,4,7-8,10H2,1-3H3. The highest BCUT2D eigenvalue weighted by atomic mass is 79.9. The number of hydrogen-bond acceptors (Lipinski definition) is 2. The summed E-state index contributed by atoms with van der Waals surface area (Å²) in [5.74, 6) is 0. The Hall–Kier alpha value is -0.540. The van der Waals surface area contributed by atoms with Crippen LogP contribution in [0.25, 0.3) is 0 Å². The van der Waals surface area contributed by atoms with Crippen molar-refractivity contribution in [2.45, 2.75) is 32.7 Å². The number of piperazine rings is 1. The van der Waals surface area contributed by atoms with E-state index in [1.165, 1.54) is 15.7 Å². The minimum atomic E-state index is 0.239. The fourth-order valence-electron chi connectivity index (χ4n) is 2.36. The summed E-state index contributed by atoms with van der Waals surface area (Å²) >= 11 is 3.68. The zero-order chi connectivity index (χ0) is 12.5. The van der Waals surface area contributed by atoms with Crippen molar-refractivity contribution in [1.82, 2.24) is 5.32 Å². The molecule has 1 N–H and O–H groups in total. The molecule has 0 amide bonds. The maximum absolute atomic E-state index is 3.68. The minimum Gasteiger partial charge on any atom is -0.368 e. The molecule has 1 aliphatic heterocycles. The Morgan fingerprint density at radius 1 is 1.47 bits per heavy atom. The van der Waals surface area contributed by atoms with Crippen molar-refractivity contribution in [3.63, 3.8) is 0 Å². The largest absolute Gasteiger partial charge is 0.368 e. The highest BCUT2D eigenvalue weighted by Gasteiger charge is 2.29. The van der Waals surface area contributed by atoms with Gasteiger partial charge in [0.1, 0.15) is 0 Å². The Morgan fingerprint density at radius 3 is 2.88 bits per heavy atom. The average Bonchev–Trinajstić information content (AvgIpc) is 2.29. The van der Waals surface area contributed by atoms with Crippen LogP contribution in [0.15, 0.2) is 22.7 Å². The van der Waals surface area contributed by atoms with Crippen molar-refractivity contribution in [1.29, 1.82) is 0 Å². The van der Waals surface area contributed by atoms with Crippen LogP contribution >= 0.6 is 15.9 Å². The zero-order valence-electron chi connectivity index (χ0n) is 10.9. The summed E-state index contributed by atoms with van der Waals surface area (Å²) in [5.41, 5.74) is 2.86. The third kappa shape index (κ3) is 2.83. The molecular formula is C14H21BrN2. The van der Waals surface area contributed by atoms with Crippen LogP contribution in [0.1, 0.15) is 25.8 Å². The molecule has 3 heteroatoms. The lowest BCUT2D eigenvalue weighted by Crippen LogP contribution is -2.58. The van der Waals surface area contributed by atoms with Crippen LogP contribution in [0.5, 0.6) is 0 Å². The lowest BCUT2D eigenvalue weighted by atomic mass is 9.95. The molecule has 1 unspecified atom stereocenters. The molecule has 0 aromatic heterocycles. The first kappa shape index (κ1) is 12.9. The molecule has 1 fully saturated rings. The van der Waals surface area contributed by atoms with Gasteiger partial charge in [0.2, 0.25) is 0 Å². The van der Waals surface area contributed by atoms with Crippen molar-refractivity contribution < 1.29 is 0 Å². The van der Waals surface area contributed by atoms with E-state index in [1.807, 2.05) is 0 Å². The molecular weight excluding hydrogens is 276 g/mol. The minimum absolute atomic E-state index is 0.239. The lowest BCUT2D eigenvalue weighted by Gasteiger charge is -2.42. The Labute approximate surface area is 113 Å². The highest BCUT2D eigenvalue weighted by Crippen LogP contribution is 2.29. The van der Waals surface area contributed by atoms with E-state index >= 15 is 0 Å². The highest BCUT2D eigenvalue weighted by molar-refractivity contribution is 9.10. The maximum Gasteiger partial charge on any atom is 0.0511 e. The molecule has 2 rings (SSSR count). The van der Waals surface area contributed by atoms with E-state index in [1.54, 1.807) is 0 Å². The molecule has 0 saturated carbocycles. The summed E-state index contributed by atoms with van der Waals surface area (Å²) < 4.78 is 1.21. The number of nitrogens with one attached hydrogen (secondary N) is 1. The van der Waals surface area contributed by atoms with E-state index in [-0.39, 0.29) is 5.54 Å². The monoisotopic (exact) mass is 296 g/mol. The van der Waals surface area contributed by atoms with Gasteiger partial charge in [-0.3, -0.25) is 0 Å². The smallest absolute Gasteiger partial charge is 0.0511 e. The summed E-state index contributed by atoms with van der Waals surface area (Å²) in [6, 6.07) is 6.60. The second kappa shape index (κ2) is 4.99. The van der Waals surface area contributed by atoms with Crippen molar-refractivity contribution in [2.24, 2.45) is 0 Å². The predicted octanol–water partition coefficient (Wildman–Crippen LogP) is 3.34. The second-order valence-electron chi connectivity index (χ2n) is 5.22. The van der Waals surface area contributed by atoms with Gasteiger partial charge in [0.05, 0.1) is 5.69 Å². The Balaban J connectivity index is 2.22. The van der Waals surface area contributed by atoms with E-state index in [0.717, 1.165) is 26.1 Å². The van der Waals surface area contributed by atoms with Crippen LogP contribution in [0.3, 0.4) is 0 Å². The Kier molecular flexibility index (Phi) is 3.79. The number of hydrogen-bond donors (Lipinski definition) is 1. The maximum atomic E-state index is 3.68. The molecule has 0 bridgehead atoms. The van der Waals surface area contributed by atoms with Gasteiger partial charge in [-0.1, -0.05) is 13.0 Å². The molecule has 1 heterocycles. The van der Waals surface area contributed by atoms with Crippen molar-refractivity contribution in [2.75, 3.05) is 24.5 Å². The molecule has 94 valence electrons. The zero-order valence-corrected chi connectivity index (χ0v) is 12.5. The number of aryl methyl sites for hydroxylation is 1. The Bertz CT molecular complexity index is 405. The number of rotatable bonds is 2. The first-order chi connectivity index (χ1) is 8.04. The van der Waals surface area contributed by atoms with Gasteiger partial charge in [-0.25, -0.2) is 0 Å². The normalized spacial score (nSPS) is 25.1. The van der Waals surface area contributed by atoms with Gasteiger partial charge < -0.3 is 10.2 Å². The summed E-state index contributed by atoms with van der Waals surface area (Å²) in [7, 11) is 0. The van der Waals surface area contributed by atoms with Crippen molar-refractivity contribution >= 4 is 21.6 Å². The molecule has 2 nitrogen and oxygen atoms in total. The first-order valence-electron chi connectivity index (χ1n) is 6.30. The van der Waals surface area contributed by atoms with Crippen LogP contribution in [-0.2, 0) is 0 Å². The molecule has 1 aromatic carbocycles. The number of halogens is 1. The van der Waals surface area contributed by atoms with Gasteiger partial charge in [0.15, 0.2) is 0 Å². The van der Waals surface area contributed by atoms with Crippen LogP contribution in [0.4, 0.5) is 5.69 Å². The summed E-state index contributed by atoms with van der Waals surface area (Å²) in [6.07, 6.45) is 1.16. The fourth-order valence-corrected chi connectivity index (χ4v) is 3.10. The van der Waals surface area contributed by atoms with E-state index < -0.39 is 0 Å². The van der Waals surface area contributed by atoms with Gasteiger partial charge in [0, 0.05) is 29.6 Å². The van der Waals surface area contributed by atoms with Gasteiger partial charge >= 0.3 is 0 Å². The van der Waals surface area contributed by atoms with Crippen LogP contribution < -0.4 is 10.2 Å². The fraction of sp³-hybridized carbons (Fsp3) is 0.571. The van der Waals surface area contributed by atoms with Crippen LogP contribution in [0.2, 0.25) is 0 Å². The van der Waals surface area contributed by atoms with Crippen molar-refractivity contribution in [3.8, 4) is 0 Å². The summed E-state index contributed by atoms with van der Waals surface area (Å²) in [6.45, 7) is 9.90. The first-order valence-corrected chi connectivity index (χ1v) is 7.09. The SMILES string of the molecule is CCC1(C)CN(c2ccc(C)cc2Br)CCN1. The lowest BCUT2D eigenvalue weighted by molar-refractivity contribution is 0.314. The average molecular weight is 297 g/mol. The summed E-state index contributed by atoms with van der Waals surface area (Å²) in [4.78, 5) is 2.48. The third-order valence-corrected chi connectivity index (χ3v) is 4.33. The number of benzene rings is 1. The molecule has 1 atom stereocenters. The topological polar surface area (TPSA) is 15.3 Å². The summed E-state index contributed by atoms with van der Waals surface area (Å²) in [5, 5.41) is 3.62. The molecule has 17 heavy (non-hydrogen) atoms. The van der Waals surface area contributed by atoms with E-state index in [0.29, 0.717) is 0 Å². The molecule has 1 aromatic rings. The predicted molar refractivity (Wildman–Crippen MR) is 77.8 cm³/mol. The van der Waals surface area contributed by atoms with Gasteiger partial charge in [-0.2, -0.15) is 0 Å². The van der Waals surface area contributed by atoms with E-state index in [9.17, 15) is 0 Å². The Morgan fingerprint density at radius 2 is 2.24 bits per heavy atom. The molecule has 1 aliphatic rings. The van der Waals surface area contributed by atoms with E-state index in [2.05, 4.69) is 65.1 Å². The second-order valence-corrected chi connectivity index (χ2v) is 6.07. The molecule has 0 aliphatic carbocycles. The van der Waals surface area contributed by atoms with Gasteiger partial charge in [-0.05, 0) is 53.9 Å². The molecule has 0 spiro atoms. The van der Waals surface area contributed by atoms with E-state index in [4.69, 9.17) is 0 Å². The quantitative estimate of drug-likeness (QED) is 0.900. The number of anilines is 1.